The molecule has 1 N–H and O–H groups in total. The maximum absolute atomic E-state index is 6.15. The monoisotopic (exact) mass is 349 g/mol. The first kappa shape index (κ1) is 14.1. The molecule has 0 amide bonds. The van der Waals surface area contributed by atoms with Crippen LogP contribution < -0.4 is 5.32 Å². The molecule has 0 atom stereocenters. The topological polar surface area (TPSA) is 29.9 Å². The van der Waals surface area contributed by atoms with E-state index >= 15 is 0 Å². The summed E-state index contributed by atoms with van der Waals surface area (Å²) < 4.78 is 1.93. The van der Waals surface area contributed by atoms with Crippen LogP contribution in [0.3, 0.4) is 0 Å². The van der Waals surface area contributed by atoms with Crippen molar-refractivity contribution in [3.63, 3.8) is 0 Å². The molecule has 1 aliphatic rings. The standard InChI is InChI=1S/C16H13Cl2N3S/c1-9-2-5-14(22-9)15-11-6-7-19-16(11)21(20-15)10-3-4-12(17)13(18)8-10/h2-5,8,19H,6-7H2,1H3. The quantitative estimate of drug-likeness (QED) is 0.690. The normalized spacial score (nSPS) is 13.2. The molecule has 1 aliphatic heterocycles. The molecule has 0 aliphatic carbocycles. The number of thiophene rings is 1. The molecule has 0 radical (unpaired) electrons. The maximum Gasteiger partial charge on any atom is 0.133 e. The number of hydrogen-bond acceptors (Lipinski definition) is 3. The Morgan fingerprint density at radius 2 is 2.05 bits per heavy atom. The van der Waals surface area contributed by atoms with Gasteiger partial charge in [0.15, 0.2) is 0 Å². The average Bonchev–Trinajstić information content (AvgIpc) is 3.17. The summed E-state index contributed by atoms with van der Waals surface area (Å²) in [5.74, 6) is 1.06. The Morgan fingerprint density at radius 3 is 2.77 bits per heavy atom. The van der Waals surface area contributed by atoms with Crippen LogP contribution in [0.5, 0.6) is 0 Å². The van der Waals surface area contributed by atoms with Crippen molar-refractivity contribution in [2.24, 2.45) is 0 Å². The van der Waals surface area contributed by atoms with Gasteiger partial charge in [0.05, 0.1) is 20.6 Å². The number of benzene rings is 1. The van der Waals surface area contributed by atoms with Crippen LogP contribution in [0, 0.1) is 6.92 Å². The van der Waals surface area contributed by atoms with Crippen molar-refractivity contribution >= 4 is 40.4 Å². The predicted molar refractivity (Wildman–Crippen MR) is 93.8 cm³/mol. The molecule has 3 heterocycles. The van der Waals surface area contributed by atoms with Crippen molar-refractivity contribution < 1.29 is 0 Å². The fraction of sp³-hybridized carbons (Fsp3) is 0.188. The Bertz CT molecular complexity index is 866. The molecule has 1 aromatic carbocycles. The highest BCUT2D eigenvalue weighted by Crippen LogP contribution is 2.38. The number of anilines is 1. The van der Waals surface area contributed by atoms with Crippen molar-refractivity contribution in [3.8, 4) is 16.3 Å². The molecule has 22 heavy (non-hydrogen) atoms. The van der Waals surface area contributed by atoms with Gasteiger partial charge in [0.25, 0.3) is 0 Å². The third kappa shape index (κ3) is 2.22. The molecule has 0 saturated heterocycles. The minimum Gasteiger partial charge on any atom is -0.369 e. The van der Waals surface area contributed by atoms with E-state index in [2.05, 4.69) is 24.4 Å². The molecule has 0 fully saturated rings. The van der Waals surface area contributed by atoms with Gasteiger partial charge in [-0.15, -0.1) is 11.3 Å². The second kappa shape index (κ2) is 5.30. The van der Waals surface area contributed by atoms with E-state index in [0.717, 1.165) is 30.2 Å². The molecule has 0 unspecified atom stereocenters. The fourth-order valence-electron chi connectivity index (χ4n) is 2.74. The Labute approximate surface area is 142 Å². The molecule has 6 heteroatoms. The van der Waals surface area contributed by atoms with E-state index in [-0.39, 0.29) is 0 Å². The van der Waals surface area contributed by atoms with Gasteiger partial charge in [-0.05, 0) is 43.7 Å². The van der Waals surface area contributed by atoms with Crippen LogP contribution in [0.1, 0.15) is 10.4 Å². The lowest BCUT2D eigenvalue weighted by atomic mass is 10.2. The van der Waals surface area contributed by atoms with E-state index < -0.39 is 0 Å². The second-order valence-electron chi connectivity index (χ2n) is 5.27. The van der Waals surface area contributed by atoms with Gasteiger partial charge in [0, 0.05) is 17.0 Å². The molecule has 2 aromatic heterocycles. The third-order valence-electron chi connectivity index (χ3n) is 3.77. The lowest BCUT2D eigenvalue weighted by Gasteiger charge is -2.07. The summed E-state index contributed by atoms with van der Waals surface area (Å²) in [6, 6.07) is 9.86. The van der Waals surface area contributed by atoms with Crippen LogP contribution in [0.25, 0.3) is 16.3 Å². The molecule has 4 rings (SSSR count). The Kier molecular flexibility index (Phi) is 3.40. The zero-order valence-corrected chi connectivity index (χ0v) is 14.2. The van der Waals surface area contributed by atoms with Crippen LogP contribution in [-0.2, 0) is 6.42 Å². The van der Waals surface area contributed by atoms with Crippen molar-refractivity contribution in [1.29, 1.82) is 0 Å². The summed E-state index contributed by atoms with van der Waals surface area (Å²) >= 11 is 13.9. The fourth-order valence-corrected chi connectivity index (χ4v) is 3.91. The molecule has 0 bridgehead atoms. The maximum atomic E-state index is 6.15. The summed E-state index contributed by atoms with van der Waals surface area (Å²) in [6.07, 6.45) is 0.989. The van der Waals surface area contributed by atoms with Crippen molar-refractivity contribution in [2.75, 3.05) is 11.9 Å². The molecule has 0 spiro atoms. The first-order chi connectivity index (χ1) is 10.6. The molecular weight excluding hydrogens is 337 g/mol. The van der Waals surface area contributed by atoms with Gasteiger partial charge in [-0.1, -0.05) is 23.2 Å². The molecular formula is C16H13Cl2N3S. The van der Waals surface area contributed by atoms with Gasteiger partial charge < -0.3 is 5.32 Å². The van der Waals surface area contributed by atoms with E-state index in [1.54, 1.807) is 17.4 Å². The van der Waals surface area contributed by atoms with Gasteiger partial charge in [-0.3, -0.25) is 0 Å². The summed E-state index contributed by atoms with van der Waals surface area (Å²) in [7, 11) is 0. The summed E-state index contributed by atoms with van der Waals surface area (Å²) in [5.41, 5.74) is 3.25. The first-order valence-corrected chi connectivity index (χ1v) is 8.59. The van der Waals surface area contributed by atoms with E-state index in [9.17, 15) is 0 Å². The van der Waals surface area contributed by atoms with Crippen LogP contribution in [-0.4, -0.2) is 16.3 Å². The van der Waals surface area contributed by atoms with Gasteiger partial charge >= 0.3 is 0 Å². The zero-order chi connectivity index (χ0) is 15.3. The van der Waals surface area contributed by atoms with Crippen LogP contribution in [0.2, 0.25) is 10.0 Å². The Morgan fingerprint density at radius 1 is 1.18 bits per heavy atom. The molecule has 112 valence electrons. The number of fused-ring (bicyclic) bond motifs is 1. The van der Waals surface area contributed by atoms with Crippen LogP contribution >= 0.6 is 34.5 Å². The molecule has 3 nitrogen and oxygen atoms in total. The third-order valence-corrected chi connectivity index (χ3v) is 5.52. The number of hydrogen-bond donors (Lipinski definition) is 1. The van der Waals surface area contributed by atoms with Gasteiger partial charge in [-0.25, -0.2) is 4.68 Å². The Balaban J connectivity index is 1.89. The van der Waals surface area contributed by atoms with Crippen LogP contribution in [0.4, 0.5) is 5.82 Å². The van der Waals surface area contributed by atoms with Gasteiger partial charge in [0.1, 0.15) is 11.5 Å². The van der Waals surface area contributed by atoms with Crippen molar-refractivity contribution in [2.45, 2.75) is 13.3 Å². The van der Waals surface area contributed by atoms with E-state index in [0.29, 0.717) is 10.0 Å². The largest absolute Gasteiger partial charge is 0.369 e. The zero-order valence-electron chi connectivity index (χ0n) is 11.9. The predicted octanol–water partition coefficient (Wildman–Crippen LogP) is 5.18. The summed E-state index contributed by atoms with van der Waals surface area (Å²) in [4.78, 5) is 2.50. The van der Waals surface area contributed by atoms with E-state index in [4.69, 9.17) is 28.3 Å². The smallest absolute Gasteiger partial charge is 0.133 e. The number of halogens is 2. The number of nitrogens with one attached hydrogen (secondary N) is 1. The highest BCUT2D eigenvalue weighted by molar-refractivity contribution is 7.15. The lowest BCUT2D eigenvalue weighted by molar-refractivity contribution is 0.883. The number of rotatable bonds is 2. The highest BCUT2D eigenvalue weighted by Gasteiger charge is 2.24. The van der Waals surface area contributed by atoms with E-state index in [1.165, 1.54) is 15.3 Å². The SMILES string of the molecule is Cc1ccc(-c2nn(-c3ccc(Cl)c(Cl)c3)c3c2CCN3)s1. The summed E-state index contributed by atoms with van der Waals surface area (Å²) in [5, 5.41) is 9.34. The van der Waals surface area contributed by atoms with Gasteiger partial charge in [-0.2, -0.15) is 5.10 Å². The molecule has 0 saturated carbocycles. The second-order valence-corrected chi connectivity index (χ2v) is 7.38. The minimum absolute atomic E-state index is 0.537. The number of aryl methyl sites for hydroxylation is 1. The van der Waals surface area contributed by atoms with E-state index in [1.807, 2.05) is 16.8 Å². The van der Waals surface area contributed by atoms with Gasteiger partial charge in [0.2, 0.25) is 0 Å². The first-order valence-electron chi connectivity index (χ1n) is 7.01. The summed E-state index contributed by atoms with van der Waals surface area (Å²) in [6.45, 7) is 3.05. The van der Waals surface area contributed by atoms with Crippen LogP contribution in [0.15, 0.2) is 30.3 Å². The number of aromatic nitrogens is 2. The number of nitrogens with zero attached hydrogens (tertiary/aromatic N) is 2. The van der Waals surface area contributed by atoms with Crippen molar-refractivity contribution in [3.05, 3.63) is 50.8 Å². The highest BCUT2D eigenvalue weighted by atomic mass is 35.5. The van der Waals surface area contributed by atoms with Crippen molar-refractivity contribution in [1.82, 2.24) is 9.78 Å². The molecule has 3 aromatic rings. The minimum atomic E-state index is 0.537. The lowest BCUT2D eigenvalue weighted by Crippen LogP contribution is -2.04. The Hall–Kier alpha value is -1.49. The average molecular weight is 350 g/mol.